The third-order valence-electron chi connectivity index (χ3n) is 3.59. The first-order valence-electron chi connectivity index (χ1n) is 6.83. The van der Waals surface area contributed by atoms with Crippen LogP contribution in [0.4, 0.5) is 0 Å². The lowest BCUT2D eigenvalue weighted by Gasteiger charge is -2.13. The van der Waals surface area contributed by atoms with Crippen LogP contribution in [0.15, 0.2) is 48.5 Å². The topological polar surface area (TPSA) is 9.23 Å². The minimum Gasteiger partial charge on any atom is -0.457 e. The molecule has 1 unspecified atom stereocenters. The van der Waals surface area contributed by atoms with Gasteiger partial charge in [-0.15, -0.1) is 11.6 Å². The number of halogens is 1. The molecule has 0 saturated heterocycles. The molecule has 0 saturated carbocycles. The molecule has 2 aromatic rings. The highest BCUT2D eigenvalue weighted by Crippen LogP contribution is 2.36. The number of para-hydroxylation sites is 1. The molecule has 98 valence electrons. The first-order chi connectivity index (χ1) is 9.33. The van der Waals surface area contributed by atoms with Crippen LogP contribution in [0.1, 0.15) is 35.8 Å². The lowest BCUT2D eigenvalue weighted by molar-refractivity contribution is 0.481. The molecule has 19 heavy (non-hydrogen) atoms. The quantitative estimate of drug-likeness (QED) is 0.519. The molecule has 0 bridgehead atoms. The molecule has 0 amide bonds. The Kier molecular flexibility index (Phi) is 3.74. The van der Waals surface area contributed by atoms with Crippen LogP contribution in [0, 0.1) is 0 Å². The number of hydrogen-bond acceptors (Lipinski definition) is 1. The predicted molar refractivity (Wildman–Crippen MR) is 79.1 cm³/mol. The monoisotopic (exact) mass is 272 g/mol. The minimum absolute atomic E-state index is 0.122. The molecule has 2 aromatic carbocycles. The number of alkyl halides is 1. The van der Waals surface area contributed by atoms with Crippen molar-refractivity contribution in [3.8, 4) is 11.5 Å². The molecule has 0 aromatic heterocycles. The summed E-state index contributed by atoms with van der Waals surface area (Å²) in [5.74, 6) is 1.74. The van der Waals surface area contributed by atoms with Crippen LogP contribution in [-0.4, -0.2) is 0 Å². The number of ether oxygens (including phenoxy) is 1. The van der Waals surface area contributed by atoms with E-state index < -0.39 is 0 Å². The van der Waals surface area contributed by atoms with Gasteiger partial charge in [-0.05, 0) is 54.7 Å². The standard InChI is InChI=1S/C17H17ClO/c18-17-9-5-4-6-13-10-11-15(12-16(13)17)19-14-7-2-1-3-8-14/h1-3,7-8,10-12,17H,4-6,9H2. The van der Waals surface area contributed by atoms with E-state index in [0.717, 1.165) is 24.3 Å². The van der Waals surface area contributed by atoms with Crippen LogP contribution < -0.4 is 4.74 Å². The van der Waals surface area contributed by atoms with Gasteiger partial charge in [0.2, 0.25) is 0 Å². The maximum Gasteiger partial charge on any atom is 0.127 e. The fourth-order valence-electron chi connectivity index (χ4n) is 2.57. The minimum atomic E-state index is 0.122. The summed E-state index contributed by atoms with van der Waals surface area (Å²) in [4.78, 5) is 0. The molecule has 1 aliphatic rings. The summed E-state index contributed by atoms with van der Waals surface area (Å²) >= 11 is 6.47. The van der Waals surface area contributed by atoms with Gasteiger partial charge < -0.3 is 4.74 Å². The maximum atomic E-state index is 6.47. The molecule has 1 nitrogen and oxygen atoms in total. The van der Waals surface area contributed by atoms with Crippen LogP contribution in [0.5, 0.6) is 11.5 Å². The second-order valence-corrected chi connectivity index (χ2v) is 5.52. The molecule has 0 fully saturated rings. The van der Waals surface area contributed by atoms with Gasteiger partial charge in [-0.3, -0.25) is 0 Å². The lowest BCUT2D eigenvalue weighted by atomic mass is 10.0. The highest BCUT2D eigenvalue weighted by atomic mass is 35.5. The van der Waals surface area contributed by atoms with Gasteiger partial charge in [0.25, 0.3) is 0 Å². The van der Waals surface area contributed by atoms with Crippen LogP contribution in [-0.2, 0) is 6.42 Å². The third kappa shape index (κ3) is 2.93. The Morgan fingerprint density at radius 3 is 2.63 bits per heavy atom. The molecular formula is C17H17ClO. The van der Waals surface area contributed by atoms with E-state index in [0.29, 0.717) is 0 Å². The highest BCUT2D eigenvalue weighted by molar-refractivity contribution is 6.20. The van der Waals surface area contributed by atoms with Gasteiger partial charge in [-0.25, -0.2) is 0 Å². The van der Waals surface area contributed by atoms with Gasteiger partial charge in [-0.1, -0.05) is 30.7 Å². The van der Waals surface area contributed by atoms with Crippen molar-refractivity contribution < 1.29 is 4.74 Å². The largest absolute Gasteiger partial charge is 0.457 e. The van der Waals surface area contributed by atoms with Gasteiger partial charge in [0.1, 0.15) is 11.5 Å². The Labute approximate surface area is 119 Å². The van der Waals surface area contributed by atoms with Crippen LogP contribution >= 0.6 is 11.6 Å². The van der Waals surface area contributed by atoms with Crippen LogP contribution in [0.3, 0.4) is 0 Å². The van der Waals surface area contributed by atoms with Crippen molar-refractivity contribution in [1.82, 2.24) is 0 Å². The van der Waals surface area contributed by atoms with Gasteiger partial charge in [-0.2, -0.15) is 0 Å². The number of benzene rings is 2. The van der Waals surface area contributed by atoms with E-state index in [2.05, 4.69) is 12.1 Å². The Hall–Kier alpha value is -1.47. The molecule has 1 atom stereocenters. The van der Waals surface area contributed by atoms with E-state index in [-0.39, 0.29) is 5.38 Å². The third-order valence-corrected chi connectivity index (χ3v) is 4.04. The Morgan fingerprint density at radius 1 is 0.947 bits per heavy atom. The Morgan fingerprint density at radius 2 is 1.79 bits per heavy atom. The lowest BCUT2D eigenvalue weighted by Crippen LogP contribution is -1.95. The van der Waals surface area contributed by atoms with Crippen molar-refractivity contribution in [3.05, 3.63) is 59.7 Å². The van der Waals surface area contributed by atoms with Crippen molar-refractivity contribution >= 4 is 11.6 Å². The number of fused-ring (bicyclic) bond motifs is 1. The number of aryl methyl sites for hydroxylation is 1. The molecule has 0 radical (unpaired) electrons. The number of rotatable bonds is 2. The smallest absolute Gasteiger partial charge is 0.127 e. The summed E-state index contributed by atoms with van der Waals surface area (Å²) < 4.78 is 5.87. The average molecular weight is 273 g/mol. The molecule has 0 aliphatic heterocycles. The molecule has 0 heterocycles. The van der Waals surface area contributed by atoms with Crippen LogP contribution in [0.25, 0.3) is 0 Å². The molecule has 2 heteroatoms. The SMILES string of the molecule is ClC1CCCCc2ccc(Oc3ccccc3)cc21. The molecule has 3 rings (SSSR count). The summed E-state index contributed by atoms with van der Waals surface area (Å²) in [5.41, 5.74) is 2.62. The summed E-state index contributed by atoms with van der Waals surface area (Å²) in [6.07, 6.45) is 4.63. The second-order valence-electron chi connectivity index (χ2n) is 4.99. The molecule has 1 aliphatic carbocycles. The fraction of sp³-hybridized carbons (Fsp3) is 0.294. The summed E-state index contributed by atoms with van der Waals surface area (Å²) in [6, 6.07) is 16.2. The molecule has 0 spiro atoms. The second kappa shape index (κ2) is 5.66. The van der Waals surface area contributed by atoms with Gasteiger partial charge in [0, 0.05) is 0 Å². The summed E-state index contributed by atoms with van der Waals surface area (Å²) in [6.45, 7) is 0. The summed E-state index contributed by atoms with van der Waals surface area (Å²) in [5, 5.41) is 0.122. The van der Waals surface area contributed by atoms with Gasteiger partial charge in [0.05, 0.1) is 5.38 Å². The van der Waals surface area contributed by atoms with Crippen molar-refractivity contribution in [2.24, 2.45) is 0 Å². The first-order valence-corrected chi connectivity index (χ1v) is 7.26. The van der Waals surface area contributed by atoms with E-state index in [4.69, 9.17) is 16.3 Å². The van der Waals surface area contributed by atoms with Crippen molar-refractivity contribution in [3.63, 3.8) is 0 Å². The van der Waals surface area contributed by atoms with E-state index >= 15 is 0 Å². The van der Waals surface area contributed by atoms with Crippen molar-refractivity contribution in [1.29, 1.82) is 0 Å². The average Bonchev–Trinajstić information content (AvgIpc) is 2.62. The van der Waals surface area contributed by atoms with Gasteiger partial charge >= 0.3 is 0 Å². The maximum absolute atomic E-state index is 6.47. The van der Waals surface area contributed by atoms with Gasteiger partial charge in [0.15, 0.2) is 0 Å². The van der Waals surface area contributed by atoms with Crippen molar-refractivity contribution in [2.75, 3.05) is 0 Å². The molecule has 0 N–H and O–H groups in total. The van der Waals surface area contributed by atoms with Crippen molar-refractivity contribution in [2.45, 2.75) is 31.1 Å². The first kappa shape index (κ1) is 12.6. The van der Waals surface area contributed by atoms with E-state index in [1.165, 1.54) is 24.0 Å². The van der Waals surface area contributed by atoms with E-state index in [9.17, 15) is 0 Å². The zero-order valence-corrected chi connectivity index (χ0v) is 11.6. The fourth-order valence-corrected chi connectivity index (χ4v) is 2.93. The van der Waals surface area contributed by atoms with Crippen LogP contribution in [0.2, 0.25) is 0 Å². The highest BCUT2D eigenvalue weighted by Gasteiger charge is 2.17. The summed E-state index contributed by atoms with van der Waals surface area (Å²) in [7, 11) is 0. The zero-order chi connectivity index (χ0) is 13.1. The Bertz CT molecular complexity index is 550. The predicted octanol–water partition coefficient (Wildman–Crippen LogP) is 5.49. The van der Waals surface area contributed by atoms with E-state index in [1.807, 2.05) is 36.4 Å². The molecular weight excluding hydrogens is 256 g/mol. The normalized spacial score (nSPS) is 18.5. The van der Waals surface area contributed by atoms with E-state index in [1.54, 1.807) is 0 Å². The Balaban J connectivity index is 1.88. The number of hydrogen-bond donors (Lipinski definition) is 0. The zero-order valence-electron chi connectivity index (χ0n) is 10.8.